The minimum Gasteiger partial charge on any atom is -0.444 e. The highest BCUT2D eigenvalue weighted by Gasteiger charge is 2.15. The van der Waals surface area contributed by atoms with E-state index in [0.717, 1.165) is 45.8 Å². The lowest BCUT2D eigenvalue weighted by molar-refractivity contribution is 0.0528. The summed E-state index contributed by atoms with van der Waals surface area (Å²) in [6.45, 7) is 13.4. The zero-order chi connectivity index (χ0) is 14.1. The number of hydrogen-bond donors (Lipinski definition) is 3. The van der Waals surface area contributed by atoms with Crippen molar-refractivity contribution in [3.63, 3.8) is 0 Å². The van der Waals surface area contributed by atoms with E-state index in [1.54, 1.807) is 0 Å². The van der Waals surface area contributed by atoms with Crippen molar-refractivity contribution in [1.29, 1.82) is 0 Å². The Bertz CT molecular complexity index is 260. The van der Waals surface area contributed by atoms with E-state index in [-0.39, 0.29) is 6.09 Å². The number of hydrogen-bond acceptors (Lipinski definition) is 5. The molecule has 0 spiro atoms. The van der Waals surface area contributed by atoms with Crippen molar-refractivity contribution in [2.75, 3.05) is 52.4 Å². The Balaban J connectivity index is 1.92. The van der Waals surface area contributed by atoms with Gasteiger partial charge in [0.2, 0.25) is 0 Å². The van der Waals surface area contributed by atoms with Gasteiger partial charge >= 0.3 is 6.09 Å². The molecule has 0 aromatic rings. The molecule has 1 aliphatic heterocycles. The number of nitrogens with zero attached hydrogens (tertiary/aromatic N) is 1. The second kappa shape index (κ2) is 8.35. The zero-order valence-corrected chi connectivity index (χ0v) is 12.4. The number of carbonyl (C=O) groups is 1. The molecule has 0 radical (unpaired) electrons. The lowest BCUT2D eigenvalue weighted by atomic mass is 10.2. The molecule has 1 heterocycles. The second-order valence-electron chi connectivity index (χ2n) is 5.77. The summed E-state index contributed by atoms with van der Waals surface area (Å²) < 4.78 is 5.15. The first-order chi connectivity index (χ1) is 8.97. The quantitative estimate of drug-likeness (QED) is 0.594. The summed E-state index contributed by atoms with van der Waals surface area (Å²) in [6, 6.07) is 0. The lowest BCUT2D eigenvalue weighted by Gasteiger charge is -2.27. The van der Waals surface area contributed by atoms with Crippen molar-refractivity contribution >= 4 is 6.09 Å². The van der Waals surface area contributed by atoms with Gasteiger partial charge in [-0.25, -0.2) is 4.79 Å². The van der Waals surface area contributed by atoms with E-state index >= 15 is 0 Å². The van der Waals surface area contributed by atoms with Gasteiger partial charge in [-0.1, -0.05) is 0 Å². The van der Waals surface area contributed by atoms with E-state index in [0.29, 0.717) is 6.54 Å². The summed E-state index contributed by atoms with van der Waals surface area (Å²) in [5.41, 5.74) is -0.431. The molecule has 1 rings (SSSR count). The van der Waals surface area contributed by atoms with Crippen molar-refractivity contribution in [3.05, 3.63) is 0 Å². The molecule has 0 saturated carbocycles. The standard InChI is InChI=1S/C13H28N4O2/c1-13(2,3)19-12(18)16-5-4-14-6-9-17-10-7-15-8-11-17/h14-15H,4-11H2,1-3H3,(H,16,18). The second-order valence-corrected chi connectivity index (χ2v) is 5.77. The molecule has 112 valence electrons. The first kappa shape index (κ1) is 16.2. The van der Waals surface area contributed by atoms with Crippen LogP contribution in [-0.4, -0.2) is 69.0 Å². The first-order valence-electron chi connectivity index (χ1n) is 7.08. The van der Waals surface area contributed by atoms with Gasteiger partial charge in [-0.2, -0.15) is 0 Å². The Labute approximate surface area is 116 Å². The molecule has 0 bridgehead atoms. The number of alkyl carbamates (subject to hydrolysis) is 1. The fourth-order valence-electron chi connectivity index (χ4n) is 1.86. The third-order valence-electron chi connectivity index (χ3n) is 2.78. The van der Waals surface area contributed by atoms with Crippen molar-refractivity contribution in [3.8, 4) is 0 Å². The molecule has 19 heavy (non-hydrogen) atoms. The summed E-state index contributed by atoms with van der Waals surface area (Å²) in [5.74, 6) is 0. The topological polar surface area (TPSA) is 65.6 Å². The van der Waals surface area contributed by atoms with Crippen LogP contribution < -0.4 is 16.0 Å². The molecule has 0 atom stereocenters. The van der Waals surface area contributed by atoms with Crippen LogP contribution in [0.1, 0.15) is 20.8 Å². The fraction of sp³-hybridized carbons (Fsp3) is 0.923. The fourth-order valence-corrected chi connectivity index (χ4v) is 1.86. The Morgan fingerprint density at radius 3 is 2.53 bits per heavy atom. The SMILES string of the molecule is CC(C)(C)OC(=O)NCCNCCN1CCNCC1. The summed E-state index contributed by atoms with van der Waals surface area (Å²) in [6.07, 6.45) is -0.351. The molecule has 6 heteroatoms. The Hall–Kier alpha value is -0.850. The average Bonchev–Trinajstić information content (AvgIpc) is 2.32. The summed E-state index contributed by atoms with van der Waals surface area (Å²) in [4.78, 5) is 13.8. The smallest absolute Gasteiger partial charge is 0.407 e. The van der Waals surface area contributed by atoms with Gasteiger partial charge in [-0.15, -0.1) is 0 Å². The van der Waals surface area contributed by atoms with Crippen molar-refractivity contribution in [2.45, 2.75) is 26.4 Å². The molecule has 1 saturated heterocycles. The van der Waals surface area contributed by atoms with Gasteiger partial charge in [0.15, 0.2) is 0 Å². The molecule has 1 fully saturated rings. The first-order valence-corrected chi connectivity index (χ1v) is 7.08. The van der Waals surface area contributed by atoms with E-state index in [9.17, 15) is 4.79 Å². The van der Waals surface area contributed by atoms with Crippen LogP contribution in [0.3, 0.4) is 0 Å². The van der Waals surface area contributed by atoms with Crippen LogP contribution in [0.4, 0.5) is 4.79 Å². The van der Waals surface area contributed by atoms with Crippen molar-refractivity contribution in [2.24, 2.45) is 0 Å². The maximum absolute atomic E-state index is 11.4. The Morgan fingerprint density at radius 2 is 1.89 bits per heavy atom. The van der Waals surface area contributed by atoms with Gasteiger partial charge < -0.3 is 20.7 Å². The highest BCUT2D eigenvalue weighted by molar-refractivity contribution is 5.67. The van der Waals surface area contributed by atoms with Crippen molar-refractivity contribution in [1.82, 2.24) is 20.9 Å². The molecular weight excluding hydrogens is 244 g/mol. The van der Waals surface area contributed by atoms with Gasteiger partial charge in [0.1, 0.15) is 5.60 Å². The van der Waals surface area contributed by atoms with Gasteiger partial charge in [-0.3, -0.25) is 4.90 Å². The van der Waals surface area contributed by atoms with Crippen LogP contribution in [0.2, 0.25) is 0 Å². The molecule has 3 N–H and O–H groups in total. The molecule has 6 nitrogen and oxygen atoms in total. The maximum Gasteiger partial charge on any atom is 0.407 e. The molecule has 0 aromatic heterocycles. The van der Waals surface area contributed by atoms with Crippen LogP contribution in [0.25, 0.3) is 0 Å². The predicted molar refractivity (Wildman–Crippen MR) is 76.4 cm³/mol. The molecular formula is C13H28N4O2. The largest absolute Gasteiger partial charge is 0.444 e. The van der Waals surface area contributed by atoms with Crippen LogP contribution in [0.5, 0.6) is 0 Å². The molecule has 0 unspecified atom stereocenters. The zero-order valence-electron chi connectivity index (χ0n) is 12.4. The molecule has 1 aliphatic rings. The predicted octanol–water partition coefficient (Wildman–Crippen LogP) is 0.00590. The van der Waals surface area contributed by atoms with E-state index in [1.165, 1.54) is 0 Å². The highest BCUT2D eigenvalue weighted by Crippen LogP contribution is 2.05. The van der Waals surface area contributed by atoms with Gasteiger partial charge in [0.25, 0.3) is 0 Å². The summed E-state index contributed by atoms with van der Waals surface area (Å²) >= 11 is 0. The number of rotatable bonds is 6. The van der Waals surface area contributed by atoms with Gasteiger partial charge in [0.05, 0.1) is 0 Å². The number of nitrogens with one attached hydrogen (secondary N) is 3. The number of amides is 1. The van der Waals surface area contributed by atoms with E-state index in [4.69, 9.17) is 4.74 Å². The maximum atomic E-state index is 11.4. The summed E-state index contributed by atoms with van der Waals surface area (Å²) in [5, 5.41) is 9.38. The third kappa shape index (κ3) is 8.80. The van der Waals surface area contributed by atoms with Crippen molar-refractivity contribution < 1.29 is 9.53 Å². The van der Waals surface area contributed by atoms with Gasteiger partial charge in [0, 0.05) is 52.4 Å². The highest BCUT2D eigenvalue weighted by atomic mass is 16.6. The minimum atomic E-state index is -0.431. The normalized spacial score (nSPS) is 17.2. The number of carbonyl (C=O) groups excluding carboxylic acids is 1. The number of ether oxygens (including phenoxy) is 1. The Morgan fingerprint density at radius 1 is 1.21 bits per heavy atom. The minimum absolute atomic E-state index is 0.351. The summed E-state index contributed by atoms with van der Waals surface area (Å²) in [7, 11) is 0. The Kier molecular flexibility index (Phi) is 7.12. The van der Waals surface area contributed by atoms with E-state index < -0.39 is 5.60 Å². The lowest BCUT2D eigenvalue weighted by Crippen LogP contribution is -2.46. The number of piperazine rings is 1. The van der Waals surface area contributed by atoms with Crippen LogP contribution >= 0.6 is 0 Å². The molecule has 0 aliphatic carbocycles. The van der Waals surface area contributed by atoms with Crippen LogP contribution in [0.15, 0.2) is 0 Å². The third-order valence-corrected chi connectivity index (χ3v) is 2.78. The molecule has 0 aromatic carbocycles. The van der Waals surface area contributed by atoms with Crippen LogP contribution in [0, 0.1) is 0 Å². The van der Waals surface area contributed by atoms with Gasteiger partial charge in [-0.05, 0) is 20.8 Å². The van der Waals surface area contributed by atoms with Crippen LogP contribution in [-0.2, 0) is 4.74 Å². The molecule has 1 amide bonds. The average molecular weight is 272 g/mol. The monoisotopic (exact) mass is 272 g/mol. The van der Waals surface area contributed by atoms with E-state index in [1.807, 2.05) is 20.8 Å². The van der Waals surface area contributed by atoms with E-state index in [2.05, 4.69) is 20.9 Å².